The van der Waals surface area contributed by atoms with Crippen LogP contribution in [-0.4, -0.2) is 0 Å². The third kappa shape index (κ3) is 13.1. The minimum Gasteiger partial charge on any atom is -0.0654 e. The van der Waals surface area contributed by atoms with Crippen LogP contribution in [0.15, 0.2) is 12.1 Å². The monoisotopic (exact) mass is 610 g/mol. The summed E-state index contributed by atoms with van der Waals surface area (Å²) in [5.41, 5.74) is 3.16. The van der Waals surface area contributed by atoms with Crippen molar-refractivity contribution in [2.45, 2.75) is 129 Å². The zero-order valence-electron chi connectivity index (χ0n) is 18.6. The normalized spacial score (nSPS) is 11.3. The Hall–Kier alpha value is 0.680. The first-order chi connectivity index (χ1) is 13.7. The lowest BCUT2D eigenvalue weighted by Crippen LogP contribution is -1.97. The van der Waals surface area contributed by atoms with Crippen molar-refractivity contribution in [2.24, 2.45) is 0 Å². The number of hydrogen-bond donors (Lipinski definition) is 0. The van der Waals surface area contributed by atoms with E-state index >= 15 is 0 Å². The van der Waals surface area contributed by atoms with Crippen LogP contribution in [0.5, 0.6) is 0 Å². The largest absolute Gasteiger partial charge is 0.0654 e. The Balaban J connectivity index is 2.20. The van der Waals surface area contributed by atoms with Gasteiger partial charge in [-0.3, -0.25) is 0 Å². The van der Waals surface area contributed by atoms with Crippen LogP contribution in [0.1, 0.15) is 128 Å². The van der Waals surface area contributed by atoms with Crippen molar-refractivity contribution in [1.82, 2.24) is 0 Å². The summed E-state index contributed by atoms with van der Waals surface area (Å²) in [6.07, 6.45) is 25.1. The molecule has 0 aliphatic carbocycles. The number of halogens is 2. The Morgan fingerprint density at radius 2 is 0.750 bits per heavy atom. The fourth-order valence-corrected chi connectivity index (χ4v) is 5.51. The van der Waals surface area contributed by atoms with Crippen LogP contribution in [0.2, 0.25) is 0 Å². The van der Waals surface area contributed by atoms with Crippen LogP contribution in [0, 0.1) is 7.14 Å². The highest BCUT2D eigenvalue weighted by Crippen LogP contribution is 2.24. The zero-order valence-corrected chi connectivity index (χ0v) is 23.0. The SMILES string of the molecule is CCCCCCCCCCc1cc(I)c(CCCCCCCCCC)cc1I. The molecule has 0 spiro atoms. The van der Waals surface area contributed by atoms with Crippen molar-refractivity contribution in [3.05, 3.63) is 30.4 Å². The quantitative estimate of drug-likeness (QED) is 0.115. The third-order valence-electron chi connectivity index (χ3n) is 5.81. The second-order valence-electron chi connectivity index (χ2n) is 8.48. The molecule has 0 atom stereocenters. The number of benzene rings is 1. The molecule has 162 valence electrons. The Bertz CT molecular complexity index is 450. The number of unbranched alkanes of at least 4 members (excludes halogenated alkanes) is 14. The van der Waals surface area contributed by atoms with Crippen LogP contribution < -0.4 is 0 Å². The molecule has 1 aromatic carbocycles. The van der Waals surface area contributed by atoms with E-state index in [-0.39, 0.29) is 0 Å². The second kappa shape index (κ2) is 18.4. The molecule has 0 aliphatic heterocycles. The first kappa shape index (κ1) is 26.7. The minimum absolute atomic E-state index is 1.27. The van der Waals surface area contributed by atoms with Crippen LogP contribution in [0.3, 0.4) is 0 Å². The highest BCUT2D eigenvalue weighted by atomic mass is 127. The Morgan fingerprint density at radius 3 is 1.07 bits per heavy atom. The van der Waals surface area contributed by atoms with Gasteiger partial charge in [0.15, 0.2) is 0 Å². The molecule has 0 fully saturated rings. The fourth-order valence-electron chi connectivity index (χ4n) is 3.91. The van der Waals surface area contributed by atoms with Gasteiger partial charge in [0, 0.05) is 7.14 Å². The molecule has 0 heterocycles. The Kier molecular flexibility index (Phi) is 17.6. The van der Waals surface area contributed by atoms with Gasteiger partial charge < -0.3 is 0 Å². The molecule has 0 N–H and O–H groups in total. The summed E-state index contributed by atoms with van der Waals surface area (Å²) in [6, 6.07) is 4.95. The summed E-state index contributed by atoms with van der Waals surface area (Å²) in [5, 5.41) is 0. The van der Waals surface area contributed by atoms with Crippen LogP contribution in [0.4, 0.5) is 0 Å². The predicted molar refractivity (Wildman–Crippen MR) is 145 cm³/mol. The highest BCUT2D eigenvalue weighted by molar-refractivity contribution is 14.1. The maximum absolute atomic E-state index is 2.57. The van der Waals surface area contributed by atoms with Gasteiger partial charge in [0.2, 0.25) is 0 Å². The molecular formula is C26H44I2. The van der Waals surface area contributed by atoms with E-state index < -0.39 is 0 Å². The lowest BCUT2D eigenvalue weighted by atomic mass is 10.0. The van der Waals surface area contributed by atoms with Gasteiger partial charge in [0.1, 0.15) is 0 Å². The van der Waals surface area contributed by atoms with E-state index in [2.05, 4.69) is 71.2 Å². The van der Waals surface area contributed by atoms with Crippen LogP contribution in [-0.2, 0) is 12.8 Å². The van der Waals surface area contributed by atoms with Gasteiger partial charge >= 0.3 is 0 Å². The van der Waals surface area contributed by atoms with Gasteiger partial charge in [-0.15, -0.1) is 0 Å². The lowest BCUT2D eigenvalue weighted by Gasteiger charge is -2.11. The first-order valence-corrected chi connectivity index (χ1v) is 14.3. The maximum Gasteiger partial charge on any atom is 0.0165 e. The van der Waals surface area contributed by atoms with Gasteiger partial charge in [-0.1, -0.05) is 104 Å². The van der Waals surface area contributed by atoms with Gasteiger partial charge in [-0.25, -0.2) is 0 Å². The van der Waals surface area contributed by atoms with E-state index in [4.69, 9.17) is 0 Å². The molecule has 0 aromatic heterocycles. The second-order valence-corrected chi connectivity index (χ2v) is 10.8. The Morgan fingerprint density at radius 1 is 0.464 bits per heavy atom. The summed E-state index contributed by atoms with van der Waals surface area (Å²) in [6.45, 7) is 4.59. The maximum atomic E-state index is 2.57. The van der Waals surface area contributed by atoms with Crippen molar-refractivity contribution >= 4 is 45.2 Å². The Labute approximate surface area is 203 Å². The number of rotatable bonds is 18. The molecule has 1 rings (SSSR count). The summed E-state index contributed by atoms with van der Waals surface area (Å²) in [4.78, 5) is 0. The summed E-state index contributed by atoms with van der Waals surface area (Å²) >= 11 is 5.14. The van der Waals surface area contributed by atoms with Crippen molar-refractivity contribution in [1.29, 1.82) is 0 Å². The van der Waals surface area contributed by atoms with E-state index in [9.17, 15) is 0 Å². The fraction of sp³-hybridized carbons (Fsp3) is 0.769. The van der Waals surface area contributed by atoms with Gasteiger partial charge in [-0.05, 0) is 94.1 Å². The molecule has 0 unspecified atom stereocenters. The van der Waals surface area contributed by atoms with Crippen molar-refractivity contribution in [3.63, 3.8) is 0 Å². The lowest BCUT2D eigenvalue weighted by molar-refractivity contribution is 0.574. The van der Waals surface area contributed by atoms with Crippen LogP contribution >= 0.6 is 45.2 Å². The van der Waals surface area contributed by atoms with Crippen molar-refractivity contribution < 1.29 is 0 Å². The molecule has 1 aromatic rings. The van der Waals surface area contributed by atoms with E-state index in [1.165, 1.54) is 123 Å². The van der Waals surface area contributed by atoms with Crippen molar-refractivity contribution in [3.8, 4) is 0 Å². The predicted octanol–water partition coefficient (Wildman–Crippen LogP) is 10.3. The average Bonchev–Trinajstić information content (AvgIpc) is 2.69. The van der Waals surface area contributed by atoms with E-state index in [1.807, 2.05) is 0 Å². The summed E-state index contributed by atoms with van der Waals surface area (Å²) in [5.74, 6) is 0. The highest BCUT2D eigenvalue weighted by Gasteiger charge is 2.07. The molecule has 0 radical (unpaired) electrons. The van der Waals surface area contributed by atoms with Gasteiger partial charge in [0.25, 0.3) is 0 Å². The molecule has 2 heteroatoms. The molecule has 0 aliphatic rings. The standard InChI is InChI=1S/C26H44I2/c1-3-5-7-9-11-13-15-17-19-23-21-26(28)24(22-25(23)27)20-18-16-14-12-10-8-6-4-2/h21-22H,3-20H2,1-2H3. The molecule has 0 saturated heterocycles. The summed E-state index contributed by atoms with van der Waals surface area (Å²) in [7, 11) is 0. The van der Waals surface area contributed by atoms with E-state index in [0.717, 1.165) is 0 Å². The smallest absolute Gasteiger partial charge is 0.0165 e. The number of aryl methyl sites for hydroxylation is 2. The van der Waals surface area contributed by atoms with E-state index in [1.54, 1.807) is 11.1 Å². The molecule has 0 nitrogen and oxygen atoms in total. The molecule has 28 heavy (non-hydrogen) atoms. The van der Waals surface area contributed by atoms with E-state index in [0.29, 0.717) is 0 Å². The van der Waals surface area contributed by atoms with Crippen LogP contribution in [0.25, 0.3) is 0 Å². The summed E-state index contributed by atoms with van der Waals surface area (Å²) < 4.78 is 2.99. The average molecular weight is 610 g/mol. The third-order valence-corrected chi connectivity index (χ3v) is 7.82. The zero-order chi connectivity index (χ0) is 20.5. The molecular weight excluding hydrogens is 566 g/mol. The first-order valence-electron chi connectivity index (χ1n) is 12.2. The van der Waals surface area contributed by atoms with Gasteiger partial charge in [0.05, 0.1) is 0 Å². The molecule has 0 saturated carbocycles. The van der Waals surface area contributed by atoms with Crippen molar-refractivity contribution in [2.75, 3.05) is 0 Å². The number of hydrogen-bond acceptors (Lipinski definition) is 0. The topological polar surface area (TPSA) is 0 Å². The molecule has 0 amide bonds. The molecule has 0 bridgehead atoms. The minimum atomic E-state index is 1.27. The van der Waals surface area contributed by atoms with Gasteiger partial charge in [-0.2, -0.15) is 0 Å².